The number of pyridine rings is 2. The molecule has 0 spiro atoms. The van der Waals surface area contributed by atoms with Crippen LogP contribution in [0.25, 0.3) is 11.1 Å². The fourth-order valence-electron chi connectivity index (χ4n) is 2.83. The number of hydrogen-bond acceptors (Lipinski definition) is 4. The lowest BCUT2D eigenvalue weighted by Gasteiger charge is -2.05. The first-order valence-electron chi connectivity index (χ1n) is 9.46. The summed E-state index contributed by atoms with van der Waals surface area (Å²) in [4.78, 5) is 4.05. The first-order valence-corrected chi connectivity index (χ1v) is 9.46. The molecule has 5 nitrogen and oxygen atoms in total. The van der Waals surface area contributed by atoms with Gasteiger partial charge in [-0.3, -0.25) is 4.98 Å². The minimum absolute atomic E-state index is 0.587. The summed E-state index contributed by atoms with van der Waals surface area (Å²) in [5.41, 5.74) is 3.96. The van der Waals surface area contributed by atoms with Gasteiger partial charge in [0.2, 0.25) is 0 Å². The van der Waals surface area contributed by atoms with Gasteiger partial charge in [0.25, 0.3) is 0 Å². The highest BCUT2D eigenvalue weighted by atomic mass is 16.5. The summed E-state index contributed by atoms with van der Waals surface area (Å²) in [6, 6.07) is 25.5. The molecule has 0 N–H and O–H groups in total. The van der Waals surface area contributed by atoms with Crippen molar-refractivity contribution in [3.63, 3.8) is 0 Å². The Morgan fingerprint density at radius 3 is 2.00 bits per heavy atom. The molecule has 0 aliphatic rings. The van der Waals surface area contributed by atoms with Crippen LogP contribution in [-0.2, 0) is 6.54 Å². The molecule has 0 saturated heterocycles. The maximum absolute atomic E-state index is 5.84. The third kappa shape index (κ3) is 5.32. The van der Waals surface area contributed by atoms with Crippen LogP contribution in [0.5, 0.6) is 5.75 Å². The second kappa shape index (κ2) is 9.37. The zero-order valence-corrected chi connectivity index (χ0v) is 15.9. The zero-order valence-electron chi connectivity index (χ0n) is 15.9. The molecule has 2 heterocycles. The van der Waals surface area contributed by atoms with Crippen molar-refractivity contribution in [3.8, 4) is 16.9 Å². The van der Waals surface area contributed by atoms with E-state index in [4.69, 9.17) is 4.74 Å². The quantitative estimate of drug-likeness (QED) is 0.312. The lowest BCUT2D eigenvalue weighted by molar-refractivity contribution is -0.697. The van der Waals surface area contributed by atoms with Crippen LogP contribution in [0.4, 0.5) is 11.4 Å². The van der Waals surface area contributed by atoms with Crippen molar-refractivity contribution in [1.82, 2.24) is 4.98 Å². The van der Waals surface area contributed by atoms with Gasteiger partial charge in [-0.2, -0.15) is 10.2 Å². The summed E-state index contributed by atoms with van der Waals surface area (Å²) in [6.45, 7) is 1.36. The van der Waals surface area contributed by atoms with Crippen LogP contribution >= 0.6 is 0 Å². The second-order valence-electron chi connectivity index (χ2n) is 6.44. The molecular formula is C24H21N4O+. The van der Waals surface area contributed by atoms with Gasteiger partial charge in [0.1, 0.15) is 12.4 Å². The molecule has 29 heavy (non-hydrogen) atoms. The van der Waals surface area contributed by atoms with E-state index in [1.54, 1.807) is 12.4 Å². The van der Waals surface area contributed by atoms with Crippen molar-refractivity contribution >= 4 is 11.4 Å². The molecule has 142 valence electrons. The van der Waals surface area contributed by atoms with Gasteiger partial charge in [0, 0.05) is 24.5 Å². The Kier molecular flexibility index (Phi) is 5.98. The van der Waals surface area contributed by atoms with Crippen molar-refractivity contribution in [3.05, 3.63) is 104 Å². The Bertz CT molecular complexity index is 1050. The number of azo groups is 1. The first kappa shape index (κ1) is 18.5. The van der Waals surface area contributed by atoms with Gasteiger partial charge in [0.15, 0.2) is 18.9 Å². The minimum Gasteiger partial charge on any atom is -0.487 e. The Labute approximate surface area is 170 Å². The summed E-state index contributed by atoms with van der Waals surface area (Å²) in [6.07, 6.45) is 7.73. The smallest absolute Gasteiger partial charge is 0.182 e. The van der Waals surface area contributed by atoms with Gasteiger partial charge < -0.3 is 4.74 Å². The maximum Gasteiger partial charge on any atom is 0.182 e. The van der Waals surface area contributed by atoms with Gasteiger partial charge in [-0.1, -0.05) is 18.2 Å². The van der Waals surface area contributed by atoms with E-state index in [0.717, 1.165) is 29.2 Å². The van der Waals surface area contributed by atoms with Crippen molar-refractivity contribution in [2.45, 2.75) is 6.54 Å². The Morgan fingerprint density at radius 2 is 1.31 bits per heavy atom. The second-order valence-corrected chi connectivity index (χ2v) is 6.44. The molecule has 0 aliphatic heterocycles. The van der Waals surface area contributed by atoms with Crippen LogP contribution in [0.2, 0.25) is 0 Å². The van der Waals surface area contributed by atoms with Gasteiger partial charge in [-0.15, -0.1) is 0 Å². The van der Waals surface area contributed by atoms with Crippen LogP contribution in [-0.4, -0.2) is 11.6 Å². The van der Waals surface area contributed by atoms with Gasteiger partial charge in [0.05, 0.1) is 11.4 Å². The molecule has 0 radical (unpaired) electrons. The molecular weight excluding hydrogens is 360 g/mol. The molecule has 0 unspecified atom stereocenters. The fourth-order valence-corrected chi connectivity index (χ4v) is 2.83. The Balaban J connectivity index is 1.28. The van der Waals surface area contributed by atoms with Crippen molar-refractivity contribution in [2.24, 2.45) is 10.2 Å². The normalized spacial score (nSPS) is 10.9. The highest BCUT2D eigenvalue weighted by molar-refractivity contribution is 5.61. The highest BCUT2D eigenvalue weighted by Gasteiger charge is 2.04. The van der Waals surface area contributed by atoms with Crippen LogP contribution in [0.1, 0.15) is 0 Å². The van der Waals surface area contributed by atoms with Crippen LogP contribution in [0, 0.1) is 0 Å². The first-order chi connectivity index (χ1) is 14.4. The Morgan fingerprint density at radius 1 is 0.690 bits per heavy atom. The fraction of sp³-hybridized carbons (Fsp3) is 0.0833. The number of rotatable bonds is 7. The molecule has 0 aliphatic carbocycles. The average Bonchev–Trinajstić information content (AvgIpc) is 2.80. The number of hydrogen-bond donors (Lipinski definition) is 0. The molecule has 0 bridgehead atoms. The number of nitrogens with zero attached hydrogens (tertiary/aromatic N) is 4. The summed E-state index contributed by atoms with van der Waals surface area (Å²) in [7, 11) is 0. The lowest BCUT2D eigenvalue weighted by Crippen LogP contribution is -2.35. The van der Waals surface area contributed by atoms with E-state index in [-0.39, 0.29) is 0 Å². The van der Waals surface area contributed by atoms with Gasteiger partial charge >= 0.3 is 0 Å². The molecule has 0 fully saturated rings. The van der Waals surface area contributed by atoms with E-state index in [1.165, 1.54) is 5.56 Å². The zero-order chi connectivity index (χ0) is 19.7. The molecule has 4 rings (SSSR count). The third-order valence-corrected chi connectivity index (χ3v) is 4.40. The molecule has 0 saturated carbocycles. The van der Waals surface area contributed by atoms with Gasteiger partial charge in [-0.25, -0.2) is 4.57 Å². The SMILES string of the molecule is c1ccc(N=Nc2ccc(OCC[n+]3ccc(-c4ccncc4)cc3)cc2)cc1. The predicted molar refractivity (Wildman–Crippen MR) is 112 cm³/mol. The molecule has 5 heteroatoms. The van der Waals surface area contributed by atoms with E-state index >= 15 is 0 Å². The van der Waals surface area contributed by atoms with Crippen molar-refractivity contribution in [1.29, 1.82) is 0 Å². The Hall–Kier alpha value is -3.86. The van der Waals surface area contributed by atoms with Crippen LogP contribution in [0.15, 0.2) is 114 Å². The number of benzene rings is 2. The van der Waals surface area contributed by atoms with E-state index < -0.39 is 0 Å². The summed E-state index contributed by atoms with van der Waals surface area (Å²) in [5.74, 6) is 0.817. The number of aromatic nitrogens is 2. The number of ether oxygens (including phenoxy) is 1. The standard InChI is InChI=1S/C24H21N4O/c1-2-4-22(5-3-1)26-27-23-6-8-24(9-7-23)29-19-18-28-16-12-21(13-17-28)20-10-14-25-15-11-20/h1-17H,18-19H2/q+1. The van der Waals surface area contributed by atoms with Gasteiger partial charge in [-0.05, 0) is 59.7 Å². The average molecular weight is 381 g/mol. The molecule has 2 aromatic heterocycles. The third-order valence-electron chi connectivity index (χ3n) is 4.40. The highest BCUT2D eigenvalue weighted by Crippen LogP contribution is 2.21. The lowest BCUT2D eigenvalue weighted by atomic mass is 10.1. The largest absolute Gasteiger partial charge is 0.487 e. The van der Waals surface area contributed by atoms with E-state index in [2.05, 4.69) is 44.3 Å². The van der Waals surface area contributed by atoms with E-state index in [9.17, 15) is 0 Å². The van der Waals surface area contributed by atoms with Crippen molar-refractivity contribution in [2.75, 3.05) is 6.61 Å². The molecule has 0 amide bonds. The van der Waals surface area contributed by atoms with E-state index in [1.807, 2.05) is 66.7 Å². The molecule has 4 aromatic rings. The molecule has 0 atom stereocenters. The van der Waals surface area contributed by atoms with E-state index in [0.29, 0.717) is 6.61 Å². The predicted octanol–water partition coefficient (Wildman–Crippen LogP) is 5.53. The monoisotopic (exact) mass is 381 g/mol. The summed E-state index contributed by atoms with van der Waals surface area (Å²) < 4.78 is 7.95. The topological polar surface area (TPSA) is 50.7 Å². The van der Waals surface area contributed by atoms with Crippen LogP contribution < -0.4 is 9.30 Å². The van der Waals surface area contributed by atoms with Crippen molar-refractivity contribution < 1.29 is 9.30 Å². The van der Waals surface area contributed by atoms with Crippen LogP contribution in [0.3, 0.4) is 0 Å². The molecule has 2 aromatic carbocycles. The maximum atomic E-state index is 5.84. The minimum atomic E-state index is 0.587. The summed E-state index contributed by atoms with van der Waals surface area (Å²) in [5, 5.41) is 8.45. The summed E-state index contributed by atoms with van der Waals surface area (Å²) >= 11 is 0.